The molecule has 0 amide bonds. The Balaban J connectivity index is 2.74. The molecule has 0 fully saturated rings. The van der Waals surface area contributed by atoms with Crippen molar-refractivity contribution in [1.82, 2.24) is 5.43 Å². The monoisotopic (exact) mass is 196 g/mol. The Hall–Kier alpha value is -1.02. The smallest absolute Gasteiger partial charge is 0.129 e. The highest BCUT2D eigenvalue weighted by Crippen LogP contribution is 2.27. The molecule has 1 unspecified atom stereocenters. The molecule has 1 aromatic rings. The molecule has 0 saturated heterocycles. The van der Waals surface area contributed by atoms with Gasteiger partial charge < -0.3 is 4.74 Å². The molecule has 0 aromatic carbocycles. The third-order valence-electron chi connectivity index (χ3n) is 1.70. The second kappa shape index (κ2) is 4.87. The van der Waals surface area contributed by atoms with Crippen molar-refractivity contribution in [3.05, 3.63) is 16.3 Å². The van der Waals surface area contributed by atoms with Crippen molar-refractivity contribution in [3.63, 3.8) is 0 Å². The van der Waals surface area contributed by atoms with Gasteiger partial charge >= 0.3 is 0 Å². The average Bonchev–Trinajstić information content (AvgIpc) is 2.62. The standard InChI is InChI=1S/C9H12N2OS/c1-3-4-8(11-10)9-5-7(12-2)6-13-9/h1,5-6,8,11H,4,10H2,2H3. The van der Waals surface area contributed by atoms with Gasteiger partial charge in [0.2, 0.25) is 0 Å². The lowest BCUT2D eigenvalue weighted by atomic mass is 10.2. The van der Waals surface area contributed by atoms with Gasteiger partial charge in [0, 0.05) is 16.7 Å². The van der Waals surface area contributed by atoms with Gasteiger partial charge in [0.05, 0.1) is 13.2 Å². The van der Waals surface area contributed by atoms with Gasteiger partial charge in [-0.1, -0.05) is 0 Å². The van der Waals surface area contributed by atoms with Gasteiger partial charge in [0.25, 0.3) is 0 Å². The fraction of sp³-hybridized carbons (Fsp3) is 0.333. The molecule has 0 saturated carbocycles. The van der Waals surface area contributed by atoms with E-state index in [4.69, 9.17) is 17.0 Å². The Kier molecular flexibility index (Phi) is 3.77. The Morgan fingerprint density at radius 3 is 3.08 bits per heavy atom. The number of nitrogens with two attached hydrogens (primary N) is 1. The van der Waals surface area contributed by atoms with Crippen molar-refractivity contribution in [1.29, 1.82) is 0 Å². The number of hydrogen-bond donors (Lipinski definition) is 2. The summed E-state index contributed by atoms with van der Waals surface area (Å²) in [5, 5.41) is 1.93. The number of thiophene rings is 1. The van der Waals surface area contributed by atoms with Crippen molar-refractivity contribution in [2.75, 3.05) is 7.11 Å². The predicted molar refractivity (Wildman–Crippen MR) is 54.4 cm³/mol. The molecule has 0 radical (unpaired) electrons. The van der Waals surface area contributed by atoms with Gasteiger partial charge in [-0.25, -0.2) is 0 Å². The number of hydrazine groups is 1. The van der Waals surface area contributed by atoms with E-state index < -0.39 is 0 Å². The summed E-state index contributed by atoms with van der Waals surface area (Å²) in [4.78, 5) is 1.09. The number of nitrogens with one attached hydrogen (secondary N) is 1. The summed E-state index contributed by atoms with van der Waals surface area (Å²) in [6, 6.07) is 1.96. The topological polar surface area (TPSA) is 47.3 Å². The zero-order chi connectivity index (χ0) is 9.68. The van der Waals surface area contributed by atoms with Gasteiger partial charge in [0.15, 0.2) is 0 Å². The summed E-state index contributed by atoms with van der Waals surface area (Å²) in [6.45, 7) is 0. The van der Waals surface area contributed by atoms with Crippen LogP contribution in [0.2, 0.25) is 0 Å². The summed E-state index contributed by atoms with van der Waals surface area (Å²) in [5.74, 6) is 8.77. The summed E-state index contributed by atoms with van der Waals surface area (Å²) in [7, 11) is 1.64. The molecule has 1 atom stereocenters. The molecule has 4 heteroatoms. The Morgan fingerprint density at radius 2 is 2.62 bits per heavy atom. The Labute approximate surface area is 81.9 Å². The van der Waals surface area contributed by atoms with Crippen LogP contribution in [0.25, 0.3) is 0 Å². The van der Waals surface area contributed by atoms with Gasteiger partial charge in [-0.3, -0.25) is 11.3 Å². The molecule has 3 nitrogen and oxygen atoms in total. The van der Waals surface area contributed by atoms with Gasteiger partial charge in [-0.15, -0.1) is 23.7 Å². The fourth-order valence-electron chi connectivity index (χ4n) is 0.984. The average molecular weight is 196 g/mol. The summed E-state index contributed by atoms with van der Waals surface area (Å²) >= 11 is 1.58. The quantitative estimate of drug-likeness (QED) is 0.433. The first kappa shape index (κ1) is 10.1. The van der Waals surface area contributed by atoms with Crippen molar-refractivity contribution >= 4 is 11.3 Å². The molecule has 1 heterocycles. The van der Waals surface area contributed by atoms with E-state index in [0.29, 0.717) is 6.42 Å². The minimum Gasteiger partial charge on any atom is -0.496 e. The molecule has 0 aliphatic heterocycles. The maximum atomic E-state index is 5.36. The minimum atomic E-state index is 0.0268. The molecule has 0 aliphatic rings. The number of rotatable bonds is 4. The van der Waals surface area contributed by atoms with Gasteiger partial charge in [-0.2, -0.15) is 0 Å². The van der Waals surface area contributed by atoms with Crippen LogP contribution in [0.1, 0.15) is 17.3 Å². The molecule has 0 aliphatic carbocycles. The summed E-state index contributed by atoms with van der Waals surface area (Å²) < 4.78 is 5.06. The Bertz CT molecular complexity index is 303. The molecular formula is C9H12N2OS. The number of terminal acetylenes is 1. The van der Waals surface area contributed by atoms with Crippen LogP contribution in [0.15, 0.2) is 11.4 Å². The maximum Gasteiger partial charge on any atom is 0.129 e. The van der Waals surface area contributed by atoms with E-state index in [9.17, 15) is 0 Å². The molecule has 0 bridgehead atoms. The second-order valence-electron chi connectivity index (χ2n) is 2.52. The molecular weight excluding hydrogens is 184 g/mol. The highest BCUT2D eigenvalue weighted by atomic mass is 32.1. The van der Waals surface area contributed by atoms with E-state index in [1.54, 1.807) is 18.4 Å². The van der Waals surface area contributed by atoms with E-state index in [0.717, 1.165) is 10.6 Å². The largest absolute Gasteiger partial charge is 0.496 e. The first-order valence-electron chi connectivity index (χ1n) is 3.83. The zero-order valence-corrected chi connectivity index (χ0v) is 8.23. The minimum absolute atomic E-state index is 0.0268. The van der Waals surface area contributed by atoms with Gasteiger partial charge in [-0.05, 0) is 6.07 Å². The van der Waals surface area contributed by atoms with Crippen LogP contribution in [0.3, 0.4) is 0 Å². The first-order valence-corrected chi connectivity index (χ1v) is 4.71. The predicted octanol–water partition coefficient (Wildman–Crippen LogP) is 1.28. The lowest BCUT2D eigenvalue weighted by Crippen LogP contribution is -2.26. The molecule has 0 spiro atoms. The van der Waals surface area contributed by atoms with E-state index >= 15 is 0 Å². The van der Waals surface area contributed by atoms with Crippen molar-refractivity contribution < 1.29 is 4.74 Å². The van der Waals surface area contributed by atoms with Crippen LogP contribution in [-0.2, 0) is 0 Å². The van der Waals surface area contributed by atoms with Crippen LogP contribution in [0, 0.1) is 12.3 Å². The van der Waals surface area contributed by atoms with Crippen molar-refractivity contribution in [2.45, 2.75) is 12.5 Å². The number of methoxy groups -OCH3 is 1. The normalized spacial score (nSPS) is 12.1. The van der Waals surface area contributed by atoms with E-state index in [2.05, 4.69) is 11.3 Å². The van der Waals surface area contributed by atoms with E-state index in [1.165, 1.54) is 0 Å². The summed E-state index contributed by atoms with van der Waals surface area (Å²) in [6.07, 6.45) is 5.79. The lowest BCUT2D eigenvalue weighted by Gasteiger charge is -2.09. The molecule has 1 aromatic heterocycles. The van der Waals surface area contributed by atoms with E-state index in [1.807, 2.05) is 11.4 Å². The van der Waals surface area contributed by atoms with Crippen LogP contribution >= 0.6 is 11.3 Å². The maximum absolute atomic E-state index is 5.36. The van der Waals surface area contributed by atoms with Gasteiger partial charge in [0.1, 0.15) is 5.75 Å². The number of ether oxygens (including phenoxy) is 1. The van der Waals surface area contributed by atoms with E-state index in [-0.39, 0.29) is 6.04 Å². The third kappa shape index (κ3) is 2.46. The highest BCUT2D eigenvalue weighted by Gasteiger charge is 2.10. The second-order valence-corrected chi connectivity index (χ2v) is 3.46. The Morgan fingerprint density at radius 1 is 1.85 bits per heavy atom. The fourth-order valence-corrected chi connectivity index (χ4v) is 1.90. The SMILES string of the molecule is C#CCC(NN)c1cc(OC)cs1. The lowest BCUT2D eigenvalue weighted by molar-refractivity contribution is 0.416. The van der Waals surface area contributed by atoms with Crippen LogP contribution in [0.5, 0.6) is 5.75 Å². The van der Waals surface area contributed by atoms with Crippen molar-refractivity contribution in [2.24, 2.45) is 5.84 Å². The molecule has 1 rings (SSSR count). The van der Waals surface area contributed by atoms with Crippen LogP contribution < -0.4 is 16.0 Å². The van der Waals surface area contributed by atoms with Crippen LogP contribution in [0.4, 0.5) is 0 Å². The number of hydrogen-bond acceptors (Lipinski definition) is 4. The van der Waals surface area contributed by atoms with Crippen molar-refractivity contribution in [3.8, 4) is 18.1 Å². The molecule has 70 valence electrons. The highest BCUT2D eigenvalue weighted by molar-refractivity contribution is 7.10. The summed E-state index contributed by atoms with van der Waals surface area (Å²) in [5.41, 5.74) is 2.67. The third-order valence-corrected chi connectivity index (χ3v) is 2.72. The zero-order valence-electron chi connectivity index (χ0n) is 7.41. The first-order chi connectivity index (χ1) is 6.31. The van der Waals surface area contributed by atoms with Crippen LogP contribution in [-0.4, -0.2) is 7.11 Å². The molecule has 3 N–H and O–H groups in total. The molecule has 13 heavy (non-hydrogen) atoms.